The van der Waals surface area contributed by atoms with Crippen LogP contribution in [0.2, 0.25) is 0 Å². The fraction of sp³-hybridized carbons (Fsp3) is 0.875. The molecule has 2 aliphatic carbocycles. The second kappa shape index (κ2) is 15.0. The topological polar surface area (TPSA) is 219 Å². The highest BCUT2D eigenvalue weighted by Crippen LogP contribution is 2.62. The minimum Gasteiger partial charge on any atom is -0.394 e. The molecule has 2 heterocycles. The molecular formula is C32H54O13. The van der Waals surface area contributed by atoms with Gasteiger partial charge in [0.2, 0.25) is 0 Å². The number of ether oxygens (including phenoxy) is 4. The highest BCUT2D eigenvalue weighted by Gasteiger charge is 2.58. The summed E-state index contributed by atoms with van der Waals surface area (Å²) in [6, 6.07) is 0. The molecule has 13 nitrogen and oxygen atoms in total. The van der Waals surface area contributed by atoms with Gasteiger partial charge in [0.15, 0.2) is 12.6 Å². The molecule has 0 radical (unpaired) electrons. The van der Waals surface area contributed by atoms with Gasteiger partial charge in [-0.15, -0.1) is 0 Å². The van der Waals surface area contributed by atoms with Crippen molar-refractivity contribution in [2.45, 2.75) is 127 Å². The SMILES string of the molecule is C=C1CC(O)[C@H]2[C@](C)(CO[C@@H]3O[C@H](CO)[C@@H](O)[C@H](O)[C@H]3O)CCC[C@]2(C)[C@H]1CC/C(C)=C/CO[C@@H]1O[C@H](CO)[C@@H](O)[C@H](O)[C@H]1O. The van der Waals surface area contributed by atoms with Crippen molar-refractivity contribution in [1.82, 2.24) is 0 Å². The lowest BCUT2D eigenvalue weighted by molar-refractivity contribution is -0.310. The Hall–Kier alpha value is -1.04. The van der Waals surface area contributed by atoms with E-state index in [9.17, 15) is 46.0 Å². The Balaban J connectivity index is 1.39. The van der Waals surface area contributed by atoms with Gasteiger partial charge in [-0.25, -0.2) is 0 Å². The van der Waals surface area contributed by atoms with Crippen LogP contribution in [-0.4, -0.2) is 140 Å². The summed E-state index contributed by atoms with van der Waals surface area (Å²) in [5, 5.41) is 91.3. The van der Waals surface area contributed by atoms with Crippen LogP contribution in [0.15, 0.2) is 23.8 Å². The molecule has 2 saturated carbocycles. The van der Waals surface area contributed by atoms with E-state index in [0.717, 1.165) is 43.3 Å². The third-order valence-electron chi connectivity index (χ3n) is 10.9. The summed E-state index contributed by atoms with van der Waals surface area (Å²) in [5.41, 5.74) is 1.23. The van der Waals surface area contributed by atoms with Gasteiger partial charge in [-0.05, 0) is 61.7 Å². The number of rotatable bonds is 11. The third kappa shape index (κ3) is 7.51. The van der Waals surface area contributed by atoms with Gasteiger partial charge in [0.25, 0.3) is 0 Å². The molecule has 45 heavy (non-hydrogen) atoms. The molecule has 4 rings (SSSR count). The number of aliphatic hydroxyl groups excluding tert-OH is 9. The van der Waals surface area contributed by atoms with Crippen LogP contribution in [0.1, 0.15) is 59.3 Å². The van der Waals surface area contributed by atoms with E-state index in [2.05, 4.69) is 20.4 Å². The lowest BCUT2D eigenvalue weighted by atomic mass is 9.46. The smallest absolute Gasteiger partial charge is 0.187 e. The van der Waals surface area contributed by atoms with Gasteiger partial charge in [0.05, 0.1) is 32.5 Å². The molecule has 2 saturated heterocycles. The van der Waals surface area contributed by atoms with Crippen molar-refractivity contribution < 1.29 is 64.9 Å². The Kier molecular flexibility index (Phi) is 12.3. The van der Waals surface area contributed by atoms with Gasteiger partial charge in [-0.3, -0.25) is 0 Å². The Labute approximate surface area is 264 Å². The first-order chi connectivity index (χ1) is 21.2. The van der Waals surface area contributed by atoms with Crippen molar-refractivity contribution in [3.8, 4) is 0 Å². The molecule has 13 heteroatoms. The molecule has 0 aromatic rings. The summed E-state index contributed by atoms with van der Waals surface area (Å²) >= 11 is 0. The molecule has 0 aromatic heterocycles. The van der Waals surface area contributed by atoms with Crippen LogP contribution in [-0.2, 0) is 18.9 Å². The van der Waals surface area contributed by atoms with E-state index in [4.69, 9.17) is 18.9 Å². The summed E-state index contributed by atoms with van der Waals surface area (Å²) in [6.07, 6.45) is -7.74. The van der Waals surface area contributed by atoms with Gasteiger partial charge >= 0.3 is 0 Å². The van der Waals surface area contributed by atoms with Crippen molar-refractivity contribution in [1.29, 1.82) is 0 Å². The maximum absolute atomic E-state index is 11.4. The molecule has 0 aromatic carbocycles. The van der Waals surface area contributed by atoms with Crippen LogP contribution in [0.5, 0.6) is 0 Å². The zero-order valence-corrected chi connectivity index (χ0v) is 26.5. The average molecular weight is 647 g/mol. The largest absolute Gasteiger partial charge is 0.394 e. The standard InChI is InChI=1S/C32H54O13/c1-16(8-11-42-29-26(40)24(38)22(36)20(13-33)44-29)6-7-18-17(2)12-19(35)28-31(3,9-5-10-32(18,28)4)15-43-30-27(41)25(39)23(37)21(14-34)45-30/h8,18-30,33-41H,2,5-7,9-15H2,1,3-4H3/b16-8+/t18-,19?,20+,21+,22+,23+,24-,25-,26+,27+,28-,29+,30+,31-,32+/m0/s1. The molecule has 1 unspecified atom stereocenters. The molecule has 260 valence electrons. The summed E-state index contributed by atoms with van der Waals surface area (Å²) in [4.78, 5) is 0. The molecule has 4 aliphatic rings. The second-order valence-electron chi connectivity index (χ2n) is 14.1. The average Bonchev–Trinajstić information content (AvgIpc) is 2.99. The van der Waals surface area contributed by atoms with E-state index in [1.807, 2.05) is 13.0 Å². The van der Waals surface area contributed by atoms with Gasteiger partial charge < -0.3 is 64.9 Å². The number of fused-ring (bicyclic) bond motifs is 1. The number of aliphatic hydroxyl groups is 9. The van der Waals surface area contributed by atoms with E-state index >= 15 is 0 Å². The van der Waals surface area contributed by atoms with Crippen molar-refractivity contribution in [3.63, 3.8) is 0 Å². The van der Waals surface area contributed by atoms with E-state index in [1.165, 1.54) is 0 Å². The first-order valence-electron chi connectivity index (χ1n) is 16.0. The fourth-order valence-corrected chi connectivity index (χ4v) is 8.41. The van der Waals surface area contributed by atoms with Crippen LogP contribution in [0.3, 0.4) is 0 Å². The maximum Gasteiger partial charge on any atom is 0.187 e. The van der Waals surface area contributed by atoms with Gasteiger partial charge in [0, 0.05) is 0 Å². The Morgan fingerprint density at radius 1 is 0.844 bits per heavy atom. The van der Waals surface area contributed by atoms with E-state index < -0.39 is 86.1 Å². The van der Waals surface area contributed by atoms with Crippen LogP contribution >= 0.6 is 0 Å². The molecule has 15 atom stereocenters. The summed E-state index contributed by atoms with van der Waals surface area (Å²) in [7, 11) is 0. The molecule has 0 spiro atoms. The van der Waals surface area contributed by atoms with Crippen LogP contribution < -0.4 is 0 Å². The molecular weight excluding hydrogens is 592 g/mol. The first-order valence-corrected chi connectivity index (χ1v) is 16.0. The fourth-order valence-electron chi connectivity index (χ4n) is 8.41. The van der Waals surface area contributed by atoms with Gasteiger partial charge in [-0.2, -0.15) is 0 Å². The molecule has 0 bridgehead atoms. The summed E-state index contributed by atoms with van der Waals surface area (Å²) in [5.74, 6) is -0.0505. The second-order valence-corrected chi connectivity index (χ2v) is 14.1. The zero-order chi connectivity index (χ0) is 33.3. The van der Waals surface area contributed by atoms with Crippen molar-refractivity contribution in [2.75, 3.05) is 26.4 Å². The van der Waals surface area contributed by atoms with Crippen LogP contribution in [0, 0.1) is 22.7 Å². The Bertz CT molecular complexity index is 1020. The first kappa shape index (κ1) is 36.8. The maximum atomic E-state index is 11.4. The predicted molar refractivity (Wildman–Crippen MR) is 159 cm³/mol. The Morgan fingerprint density at radius 3 is 1.96 bits per heavy atom. The molecule has 0 amide bonds. The van der Waals surface area contributed by atoms with E-state index in [0.29, 0.717) is 6.42 Å². The minimum atomic E-state index is -1.53. The minimum absolute atomic E-state index is 0.0894. The van der Waals surface area contributed by atoms with Crippen molar-refractivity contribution in [3.05, 3.63) is 23.8 Å². The van der Waals surface area contributed by atoms with Gasteiger partial charge in [-0.1, -0.05) is 44.1 Å². The van der Waals surface area contributed by atoms with Crippen molar-refractivity contribution >= 4 is 0 Å². The summed E-state index contributed by atoms with van der Waals surface area (Å²) < 4.78 is 22.6. The van der Waals surface area contributed by atoms with E-state index in [-0.39, 0.29) is 30.5 Å². The van der Waals surface area contributed by atoms with Crippen LogP contribution in [0.25, 0.3) is 0 Å². The Morgan fingerprint density at radius 2 is 1.40 bits per heavy atom. The normalized spacial score (nSPS) is 47.9. The molecule has 9 N–H and O–H groups in total. The molecule has 4 fully saturated rings. The predicted octanol–water partition coefficient (Wildman–Crippen LogP) is -0.904. The lowest BCUT2D eigenvalue weighted by Crippen LogP contribution is -2.61. The number of hydrogen-bond donors (Lipinski definition) is 9. The summed E-state index contributed by atoms with van der Waals surface area (Å²) in [6.45, 7) is 9.74. The number of allylic oxidation sites excluding steroid dienone is 1. The monoisotopic (exact) mass is 646 g/mol. The highest BCUT2D eigenvalue weighted by atomic mass is 16.7. The number of hydrogen-bond acceptors (Lipinski definition) is 13. The lowest BCUT2D eigenvalue weighted by Gasteiger charge is -2.60. The van der Waals surface area contributed by atoms with E-state index in [1.54, 1.807) is 0 Å². The molecule has 2 aliphatic heterocycles. The zero-order valence-electron chi connectivity index (χ0n) is 26.5. The van der Waals surface area contributed by atoms with Crippen molar-refractivity contribution in [2.24, 2.45) is 22.7 Å². The third-order valence-corrected chi connectivity index (χ3v) is 10.9. The van der Waals surface area contributed by atoms with Crippen LogP contribution in [0.4, 0.5) is 0 Å². The quantitative estimate of drug-likeness (QED) is 0.124. The van der Waals surface area contributed by atoms with Gasteiger partial charge in [0.1, 0.15) is 48.8 Å². The highest BCUT2D eigenvalue weighted by molar-refractivity contribution is 5.19.